The number of halogens is 3. The number of alkyl halides is 3. The van der Waals surface area contributed by atoms with E-state index in [1.165, 1.54) is 24.2 Å². The van der Waals surface area contributed by atoms with Crippen molar-refractivity contribution in [2.75, 3.05) is 12.4 Å². The summed E-state index contributed by atoms with van der Waals surface area (Å²) in [6, 6.07) is 2.33. The maximum absolute atomic E-state index is 12.4. The number of hydrogen-bond acceptors (Lipinski definition) is 5. The molecule has 0 bridgehead atoms. The van der Waals surface area contributed by atoms with E-state index >= 15 is 0 Å². The van der Waals surface area contributed by atoms with Crippen molar-refractivity contribution in [2.24, 2.45) is 0 Å². The summed E-state index contributed by atoms with van der Waals surface area (Å²) in [4.78, 5) is 11.9. The van der Waals surface area contributed by atoms with Gasteiger partial charge in [-0.25, -0.2) is 15.0 Å². The van der Waals surface area contributed by atoms with E-state index in [1.807, 2.05) is 6.92 Å². The molecule has 0 saturated carbocycles. The smallest absolute Gasteiger partial charge is 0.373 e. The van der Waals surface area contributed by atoms with Crippen molar-refractivity contribution >= 4 is 17.6 Å². The molecule has 0 amide bonds. The van der Waals surface area contributed by atoms with Crippen LogP contribution in [0.3, 0.4) is 0 Å². The van der Waals surface area contributed by atoms with Gasteiger partial charge in [0.1, 0.15) is 22.2 Å². The molecule has 1 N–H and O–H groups in total. The predicted molar refractivity (Wildman–Crippen MR) is 69.7 cm³/mol. The Morgan fingerprint density at radius 3 is 2.45 bits per heavy atom. The van der Waals surface area contributed by atoms with Gasteiger partial charge in [-0.15, -0.1) is 0 Å². The molecular weight excluding hydrogens is 289 g/mol. The number of aromatic nitrogens is 3. The van der Waals surface area contributed by atoms with Gasteiger partial charge >= 0.3 is 6.18 Å². The lowest BCUT2D eigenvalue weighted by molar-refractivity contribution is -0.137. The number of pyridine rings is 1. The summed E-state index contributed by atoms with van der Waals surface area (Å²) in [6.45, 7) is 1.83. The molecule has 8 heteroatoms. The summed E-state index contributed by atoms with van der Waals surface area (Å²) in [5.74, 6) is 0.675. The maximum atomic E-state index is 12.4. The Hall–Kier alpha value is -1.83. The third kappa shape index (κ3) is 3.19. The number of anilines is 1. The van der Waals surface area contributed by atoms with Crippen molar-refractivity contribution < 1.29 is 13.2 Å². The van der Waals surface area contributed by atoms with Gasteiger partial charge in [-0.3, -0.25) is 0 Å². The summed E-state index contributed by atoms with van der Waals surface area (Å²) >= 11 is 1.19. The number of hydrogen-bond donors (Lipinski definition) is 1. The summed E-state index contributed by atoms with van der Waals surface area (Å²) in [5.41, 5.74) is 0.0545. The van der Waals surface area contributed by atoms with Gasteiger partial charge in [0.05, 0.1) is 5.56 Å². The fourth-order valence-electron chi connectivity index (χ4n) is 1.50. The van der Waals surface area contributed by atoms with Crippen molar-refractivity contribution in [1.29, 1.82) is 0 Å². The monoisotopic (exact) mass is 300 g/mol. The Morgan fingerprint density at radius 1 is 1.15 bits per heavy atom. The summed E-state index contributed by atoms with van der Waals surface area (Å²) in [6.07, 6.45) is -2.16. The Morgan fingerprint density at radius 2 is 1.90 bits per heavy atom. The molecule has 2 rings (SSSR count). The zero-order chi connectivity index (χ0) is 14.8. The van der Waals surface area contributed by atoms with Crippen LogP contribution in [0, 0.1) is 6.92 Å². The summed E-state index contributed by atoms with van der Waals surface area (Å²) in [5, 5.41) is 4.01. The van der Waals surface area contributed by atoms with Crippen LogP contribution in [0.1, 0.15) is 11.1 Å². The van der Waals surface area contributed by atoms with Gasteiger partial charge in [0, 0.05) is 18.8 Å². The molecule has 0 saturated heterocycles. The molecule has 0 radical (unpaired) electrons. The van der Waals surface area contributed by atoms with Crippen LogP contribution in [0.25, 0.3) is 0 Å². The van der Waals surface area contributed by atoms with E-state index in [0.717, 1.165) is 17.8 Å². The van der Waals surface area contributed by atoms with Crippen molar-refractivity contribution in [2.45, 2.75) is 23.2 Å². The van der Waals surface area contributed by atoms with Gasteiger partial charge in [0.15, 0.2) is 0 Å². The minimum atomic E-state index is -4.37. The normalized spacial score (nSPS) is 11.4. The van der Waals surface area contributed by atoms with Crippen LogP contribution >= 0.6 is 11.8 Å². The van der Waals surface area contributed by atoms with E-state index in [4.69, 9.17) is 0 Å². The van der Waals surface area contributed by atoms with Crippen LogP contribution < -0.4 is 5.32 Å². The number of nitrogens with zero attached hydrogens (tertiary/aromatic N) is 3. The highest BCUT2D eigenvalue weighted by Gasteiger charge is 2.30. The van der Waals surface area contributed by atoms with E-state index in [-0.39, 0.29) is 0 Å². The molecular formula is C12H11F3N4S. The van der Waals surface area contributed by atoms with Crippen LogP contribution in [0.2, 0.25) is 0 Å². The summed E-state index contributed by atoms with van der Waals surface area (Å²) in [7, 11) is 1.74. The third-order valence-electron chi connectivity index (χ3n) is 2.54. The molecule has 0 aromatic carbocycles. The average molecular weight is 300 g/mol. The highest BCUT2D eigenvalue weighted by atomic mass is 32.2. The molecule has 106 valence electrons. The first-order valence-electron chi connectivity index (χ1n) is 5.62. The van der Waals surface area contributed by atoms with Crippen LogP contribution in [0.4, 0.5) is 19.0 Å². The van der Waals surface area contributed by atoms with Gasteiger partial charge in [0.25, 0.3) is 0 Å². The Bertz CT molecular complexity index is 599. The van der Waals surface area contributed by atoms with E-state index in [1.54, 1.807) is 7.05 Å². The first-order valence-corrected chi connectivity index (χ1v) is 6.44. The molecule has 4 nitrogen and oxygen atoms in total. The minimum absolute atomic E-state index is 0.446. The maximum Gasteiger partial charge on any atom is 0.417 e. The van der Waals surface area contributed by atoms with Crippen LogP contribution in [-0.4, -0.2) is 22.0 Å². The van der Waals surface area contributed by atoms with Gasteiger partial charge in [-0.2, -0.15) is 13.2 Å². The fraction of sp³-hybridized carbons (Fsp3) is 0.250. The zero-order valence-electron chi connectivity index (χ0n) is 10.7. The first-order chi connectivity index (χ1) is 9.41. The quantitative estimate of drug-likeness (QED) is 0.881. The van der Waals surface area contributed by atoms with Crippen molar-refractivity contribution in [3.63, 3.8) is 0 Å². The molecule has 0 atom stereocenters. The third-order valence-corrected chi connectivity index (χ3v) is 3.60. The van der Waals surface area contributed by atoms with Gasteiger partial charge in [-0.05, 0) is 30.8 Å². The van der Waals surface area contributed by atoms with Crippen molar-refractivity contribution in [3.8, 4) is 0 Å². The second-order valence-corrected chi connectivity index (χ2v) is 4.90. The highest BCUT2D eigenvalue weighted by Crippen LogP contribution is 2.32. The SMILES string of the molecule is CNc1ncnc(Sc2ccc(C(F)(F)F)cn2)c1C. The van der Waals surface area contributed by atoms with Crippen LogP contribution in [0.15, 0.2) is 34.7 Å². The molecule has 0 fully saturated rings. The topological polar surface area (TPSA) is 50.7 Å². The molecule has 0 aliphatic carbocycles. The fourth-order valence-corrected chi connectivity index (χ4v) is 2.29. The zero-order valence-corrected chi connectivity index (χ0v) is 11.5. The largest absolute Gasteiger partial charge is 0.417 e. The second-order valence-electron chi connectivity index (χ2n) is 3.89. The summed E-state index contributed by atoms with van der Waals surface area (Å²) < 4.78 is 37.3. The standard InChI is InChI=1S/C12H11F3N4S/c1-7-10(16-2)18-6-19-11(7)20-9-4-3-8(5-17-9)12(13,14)15/h3-6H,1-2H3,(H,16,18,19). The number of nitrogens with one attached hydrogen (secondary N) is 1. The highest BCUT2D eigenvalue weighted by molar-refractivity contribution is 7.99. The molecule has 0 aliphatic rings. The molecule has 0 unspecified atom stereocenters. The first kappa shape index (κ1) is 14.6. The van der Waals surface area contributed by atoms with Crippen LogP contribution in [0.5, 0.6) is 0 Å². The van der Waals surface area contributed by atoms with E-state index in [9.17, 15) is 13.2 Å². The Labute approximate surface area is 117 Å². The van der Waals surface area contributed by atoms with Gasteiger partial charge in [-0.1, -0.05) is 0 Å². The van der Waals surface area contributed by atoms with Crippen molar-refractivity contribution in [3.05, 3.63) is 35.8 Å². The lowest BCUT2D eigenvalue weighted by atomic mass is 10.3. The molecule has 20 heavy (non-hydrogen) atoms. The van der Waals surface area contributed by atoms with E-state index in [2.05, 4.69) is 20.3 Å². The lowest BCUT2D eigenvalue weighted by Gasteiger charge is -2.09. The van der Waals surface area contributed by atoms with Gasteiger partial charge < -0.3 is 5.32 Å². The second kappa shape index (κ2) is 5.66. The molecule has 2 heterocycles. The van der Waals surface area contributed by atoms with E-state index in [0.29, 0.717) is 15.9 Å². The molecule has 2 aromatic heterocycles. The number of rotatable bonds is 3. The average Bonchev–Trinajstić information content (AvgIpc) is 2.41. The Kier molecular flexibility index (Phi) is 4.12. The molecule has 0 aliphatic heterocycles. The molecule has 0 spiro atoms. The van der Waals surface area contributed by atoms with Crippen LogP contribution in [-0.2, 0) is 6.18 Å². The van der Waals surface area contributed by atoms with Crippen molar-refractivity contribution in [1.82, 2.24) is 15.0 Å². The minimum Gasteiger partial charge on any atom is -0.373 e. The van der Waals surface area contributed by atoms with E-state index < -0.39 is 11.7 Å². The van der Waals surface area contributed by atoms with Gasteiger partial charge in [0.2, 0.25) is 0 Å². The predicted octanol–water partition coefficient (Wildman–Crippen LogP) is 3.39. The molecule has 2 aromatic rings. The Balaban J connectivity index is 2.23. The lowest BCUT2D eigenvalue weighted by Crippen LogP contribution is -2.05.